The maximum Gasteiger partial charge on any atom is 0.400 e. The van der Waals surface area contributed by atoms with Gasteiger partial charge in [-0.15, -0.1) is 0 Å². The zero-order valence-electron chi connectivity index (χ0n) is 17.1. The van der Waals surface area contributed by atoms with Crippen LogP contribution in [0.4, 0.5) is 18.9 Å². The molecule has 32 heavy (non-hydrogen) atoms. The van der Waals surface area contributed by atoms with Gasteiger partial charge in [-0.3, -0.25) is 4.79 Å². The van der Waals surface area contributed by atoms with Crippen LogP contribution in [0.25, 0.3) is 0 Å². The predicted octanol–water partition coefficient (Wildman–Crippen LogP) is 4.87. The van der Waals surface area contributed by atoms with E-state index in [1.165, 1.54) is 18.2 Å². The van der Waals surface area contributed by atoms with E-state index < -0.39 is 22.8 Å². The van der Waals surface area contributed by atoms with Crippen molar-refractivity contribution in [1.29, 1.82) is 0 Å². The van der Waals surface area contributed by atoms with Gasteiger partial charge in [-0.1, -0.05) is 23.2 Å². The number of benzene rings is 2. The first-order chi connectivity index (χ1) is 15.0. The first kappa shape index (κ1) is 23.5. The van der Waals surface area contributed by atoms with Crippen molar-refractivity contribution in [1.82, 2.24) is 5.32 Å². The highest BCUT2D eigenvalue weighted by Crippen LogP contribution is 2.49. The largest absolute Gasteiger partial charge is 0.616 e. The van der Waals surface area contributed by atoms with Crippen LogP contribution >= 0.6 is 23.2 Å². The Kier molecular flexibility index (Phi) is 6.35. The minimum absolute atomic E-state index is 0.0515. The van der Waals surface area contributed by atoms with Crippen LogP contribution in [-0.2, 0) is 16.6 Å². The summed E-state index contributed by atoms with van der Waals surface area (Å²) in [6, 6.07) is 8.99. The van der Waals surface area contributed by atoms with Gasteiger partial charge < -0.3 is 14.8 Å². The molecule has 0 saturated carbocycles. The second-order valence-electron chi connectivity index (χ2n) is 8.35. The number of hydrogen-bond acceptors (Lipinski definition) is 3. The molecular formula is C22H21Cl2F3N2O2S. The van der Waals surface area contributed by atoms with Crippen molar-refractivity contribution in [2.45, 2.75) is 31.0 Å². The molecule has 10 heteroatoms. The number of nitrogens with zero attached hydrogens (tertiary/aromatic N) is 1. The van der Waals surface area contributed by atoms with Gasteiger partial charge in [0.05, 0.1) is 0 Å². The monoisotopic (exact) mass is 504 g/mol. The summed E-state index contributed by atoms with van der Waals surface area (Å²) in [7, 11) is 0. The Labute approximate surface area is 197 Å². The van der Waals surface area contributed by atoms with Crippen LogP contribution in [-0.4, -0.2) is 47.3 Å². The molecule has 0 bridgehead atoms. The van der Waals surface area contributed by atoms with Gasteiger partial charge in [0.15, 0.2) is 0 Å². The van der Waals surface area contributed by atoms with Crippen LogP contribution in [0.2, 0.25) is 10.0 Å². The van der Waals surface area contributed by atoms with Gasteiger partial charge in [-0.25, -0.2) is 0 Å². The van der Waals surface area contributed by atoms with Crippen LogP contribution < -0.4 is 10.2 Å². The number of halogens is 5. The molecule has 1 unspecified atom stereocenters. The lowest BCUT2D eigenvalue weighted by Crippen LogP contribution is -2.53. The summed E-state index contributed by atoms with van der Waals surface area (Å²) >= 11 is 11.1. The highest BCUT2D eigenvalue weighted by atomic mass is 35.5. The summed E-state index contributed by atoms with van der Waals surface area (Å²) in [5.74, 6) is 0.628. The first-order valence-corrected chi connectivity index (χ1v) is 12.3. The SMILES string of the molecule is Cc1cc(N2CCC(c3cc(Cl)cc(Cl)c3)(C(F)(F)F)C2)ccc1C(=O)NC1C[S+]([O-])C1. The molecule has 0 radical (unpaired) electrons. The lowest BCUT2D eigenvalue weighted by atomic mass is 9.79. The summed E-state index contributed by atoms with van der Waals surface area (Å²) in [4.78, 5) is 14.2. The normalized spacial score (nSPS) is 25.5. The van der Waals surface area contributed by atoms with E-state index in [-0.39, 0.29) is 47.1 Å². The third-order valence-corrected chi connectivity index (χ3v) is 8.14. The fourth-order valence-corrected chi connectivity index (χ4v) is 5.83. The van der Waals surface area contributed by atoms with E-state index in [0.29, 0.717) is 28.3 Å². The van der Waals surface area contributed by atoms with Gasteiger partial charge in [0.25, 0.3) is 5.91 Å². The molecule has 4 nitrogen and oxygen atoms in total. The van der Waals surface area contributed by atoms with Crippen LogP contribution in [0.5, 0.6) is 0 Å². The minimum atomic E-state index is -4.49. The Morgan fingerprint density at radius 3 is 2.41 bits per heavy atom. The quantitative estimate of drug-likeness (QED) is 0.604. The molecule has 2 aromatic rings. The predicted molar refractivity (Wildman–Crippen MR) is 121 cm³/mol. The summed E-state index contributed by atoms with van der Waals surface area (Å²) in [5, 5.41) is 3.16. The molecule has 1 amide bonds. The minimum Gasteiger partial charge on any atom is -0.616 e. The van der Waals surface area contributed by atoms with E-state index in [9.17, 15) is 22.5 Å². The number of carbonyl (C=O) groups excluding carboxylic acids is 1. The van der Waals surface area contributed by atoms with Crippen LogP contribution in [0, 0.1) is 6.92 Å². The number of nitrogens with one attached hydrogen (secondary N) is 1. The maximum absolute atomic E-state index is 14.3. The molecule has 0 aliphatic carbocycles. The number of alkyl halides is 3. The van der Waals surface area contributed by atoms with Crippen molar-refractivity contribution < 1.29 is 22.5 Å². The molecule has 1 N–H and O–H groups in total. The molecule has 2 aromatic carbocycles. The fraction of sp³-hybridized carbons (Fsp3) is 0.409. The highest BCUT2D eigenvalue weighted by molar-refractivity contribution is 7.92. The molecule has 0 spiro atoms. The Balaban J connectivity index is 1.57. The van der Waals surface area contributed by atoms with Crippen molar-refractivity contribution in [2.75, 3.05) is 29.5 Å². The van der Waals surface area contributed by atoms with E-state index in [1.807, 2.05) is 0 Å². The first-order valence-electron chi connectivity index (χ1n) is 10.0. The second kappa shape index (κ2) is 8.63. The second-order valence-corrected chi connectivity index (χ2v) is 10.8. The van der Waals surface area contributed by atoms with Gasteiger partial charge in [0.1, 0.15) is 23.0 Å². The average Bonchev–Trinajstić information content (AvgIpc) is 3.12. The summed E-state index contributed by atoms with van der Waals surface area (Å²) in [5.41, 5.74) is -0.311. The number of rotatable bonds is 4. The number of aryl methyl sites for hydroxylation is 1. The highest BCUT2D eigenvalue weighted by Gasteiger charge is 2.59. The molecule has 2 aliphatic rings. The topological polar surface area (TPSA) is 55.4 Å². The van der Waals surface area contributed by atoms with Gasteiger partial charge in [-0.05, 0) is 72.0 Å². The fourth-order valence-electron chi connectivity index (χ4n) is 4.34. The zero-order chi connectivity index (χ0) is 23.3. The number of anilines is 1. The molecule has 2 fully saturated rings. The Hall–Kier alpha value is -1.61. The average molecular weight is 505 g/mol. The van der Waals surface area contributed by atoms with E-state index >= 15 is 0 Å². The van der Waals surface area contributed by atoms with E-state index in [2.05, 4.69) is 5.32 Å². The lowest BCUT2D eigenvalue weighted by Gasteiger charge is -2.33. The molecule has 1 atom stereocenters. The van der Waals surface area contributed by atoms with Crippen molar-refractivity contribution in [3.05, 3.63) is 63.1 Å². The van der Waals surface area contributed by atoms with E-state index in [4.69, 9.17) is 23.2 Å². The number of hydrogen-bond donors (Lipinski definition) is 1. The Bertz CT molecular complexity index is 1030. The standard InChI is InChI=1S/C22H21Cl2F3N2O2S/c1-13-6-18(2-3-19(13)20(30)28-17-10-32(31)11-17)29-5-4-21(12-29,22(25,26)27)14-7-15(23)9-16(24)8-14/h2-3,6-9,17H,4-5,10-12H2,1H3,(H,28,30). The van der Waals surface area contributed by atoms with Gasteiger partial charge in [0, 0.05) is 34.4 Å². The Morgan fingerprint density at radius 1 is 1.19 bits per heavy atom. The van der Waals surface area contributed by atoms with Crippen molar-refractivity contribution >= 4 is 46.0 Å². The molecule has 172 valence electrons. The van der Waals surface area contributed by atoms with Crippen LogP contribution in [0.1, 0.15) is 27.9 Å². The van der Waals surface area contributed by atoms with Crippen LogP contribution in [0.3, 0.4) is 0 Å². The molecule has 2 heterocycles. The molecule has 2 saturated heterocycles. The molecule has 4 rings (SSSR count). The third kappa shape index (κ3) is 4.42. The lowest BCUT2D eigenvalue weighted by molar-refractivity contribution is -0.184. The summed E-state index contributed by atoms with van der Waals surface area (Å²) in [6.45, 7) is 1.68. The maximum atomic E-state index is 14.3. The smallest absolute Gasteiger partial charge is 0.400 e. The van der Waals surface area contributed by atoms with Crippen molar-refractivity contribution in [3.63, 3.8) is 0 Å². The summed E-state index contributed by atoms with van der Waals surface area (Å²) < 4.78 is 54.1. The van der Waals surface area contributed by atoms with Crippen LogP contribution in [0.15, 0.2) is 36.4 Å². The van der Waals surface area contributed by atoms with Gasteiger partial charge in [-0.2, -0.15) is 13.2 Å². The Morgan fingerprint density at radius 2 is 1.84 bits per heavy atom. The molecule has 0 aromatic heterocycles. The molecule has 2 aliphatic heterocycles. The van der Waals surface area contributed by atoms with Crippen molar-refractivity contribution in [2.24, 2.45) is 0 Å². The van der Waals surface area contributed by atoms with E-state index in [1.54, 1.807) is 30.0 Å². The van der Waals surface area contributed by atoms with Gasteiger partial charge in [0.2, 0.25) is 0 Å². The number of amides is 1. The van der Waals surface area contributed by atoms with E-state index in [0.717, 1.165) is 0 Å². The third-order valence-electron chi connectivity index (χ3n) is 6.16. The number of carbonyl (C=O) groups is 1. The molecular weight excluding hydrogens is 484 g/mol. The van der Waals surface area contributed by atoms with Gasteiger partial charge >= 0.3 is 6.18 Å². The summed E-state index contributed by atoms with van der Waals surface area (Å²) in [6.07, 6.45) is -4.62. The zero-order valence-corrected chi connectivity index (χ0v) is 19.5. The van der Waals surface area contributed by atoms with Crippen molar-refractivity contribution in [3.8, 4) is 0 Å².